The van der Waals surface area contributed by atoms with Crippen LogP contribution < -0.4 is 5.73 Å². The van der Waals surface area contributed by atoms with Crippen molar-refractivity contribution in [3.63, 3.8) is 0 Å². The van der Waals surface area contributed by atoms with Gasteiger partial charge in [0.1, 0.15) is 0 Å². The molecule has 0 aliphatic carbocycles. The fourth-order valence-electron chi connectivity index (χ4n) is 0.357. The highest BCUT2D eigenvalue weighted by atomic mass is 32.2. The van der Waals surface area contributed by atoms with Crippen LogP contribution >= 0.6 is 0 Å². The molecule has 2 N–H and O–H groups in total. The van der Waals surface area contributed by atoms with Crippen molar-refractivity contribution >= 4 is 10.8 Å². The average Bonchev–Trinajstić information content (AvgIpc) is 1.83. The molecular formula is C5H10N2OS. The number of hydrogen-bond acceptors (Lipinski definition) is 3. The van der Waals surface area contributed by atoms with E-state index >= 15 is 0 Å². The van der Waals surface area contributed by atoms with Crippen molar-refractivity contribution in [2.24, 2.45) is 5.73 Å². The predicted octanol–water partition coefficient (Wildman–Crippen LogP) is -0.394. The first-order chi connectivity index (χ1) is 4.16. The first-order valence-corrected chi connectivity index (χ1v) is 4.34. The van der Waals surface area contributed by atoms with Crippen LogP contribution in [0.15, 0.2) is 0 Å². The van der Waals surface area contributed by atoms with Gasteiger partial charge in [-0.3, -0.25) is 4.21 Å². The van der Waals surface area contributed by atoms with E-state index in [0.717, 1.165) is 0 Å². The van der Waals surface area contributed by atoms with Gasteiger partial charge in [0, 0.05) is 22.8 Å². The molecular weight excluding hydrogens is 136 g/mol. The normalized spacial score (nSPS) is 16.1. The van der Waals surface area contributed by atoms with Gasteiger partial charge in [-0.05, 0) is 6.42 Å². The van der Waals surface area contributed by atoms with Gasteiger partial charge in [-0.15, -0.1) is 0 Å². The molecule has 0 aromatic rings. The second-order valence-electron chi connectivity index (χ2n) is 1.80. The molecule has 0 aromatic heterocycles. The van der Waals surface area contributed by atoms with Gasteiger partial charge >= 0.3 is 0 Å². The van der Waals surface area contributed by atoms with Gasteiger partial charge < -0.3 is 5.73 Å². The highest BCUT2D eigenvalue weighted by molar-refractivity contribution is 7.84. The Morgan fingerprint density at radius 3 is 2.78 bits per heavy atom. The number of nitrogens with two attached hydrogens (primary N) is 1. The van der Waals surface area contributed by atoms with Crippen LogP contribution in [0.4, 0.5) is 0 Å². The topological polar surface area (TPSA) is 66.9 Å². The van der Waals surface area contributed by atoms with Crippen LogP contribution in [0.1, 0.15) is 6.42 Å². The number of nitriles is 1. The summed E-state index contributed by atoms with van der Waals surface area (Å²) < 4.78 is 10.4. The number of nitrogens with zero attached hydrogens (tertiary/aromatic N) is 1. The third-order valence-electron chi connectivity index (χ3n) is 0.882. The lowest BCUT2D eigenvalue weighted by Gasteiger charge is -1.97. The van der Waals surface area contributed by atoms with E-state index in [9.17, 15) is 4.21 Å². The zero-order valence-electron chi connectivity index (χ0n) is 5.33. The van der Waals surface area contributed by atoms with Crippen LogP contribution in [0.2, 0.25) is 0 Å². The summed E-state index contributed by atoms with van der Waals surface area (Å²) in [7, 11) is -0.819. The van der Waals surface area contributed by atoms with E-state index < -0.39 is 16.8 Å². The zero-order chi connectivity index (χ0) is 7.28. The first-order valence-electron chi connectivity index (χ1n) is 2.62. The van der Waals surface area contributed by atoms with Gasteiger partial charge in [0.2, 0.25) is 0 Å². The molecule has 0 aromatic carbocycles. The van der Waals surface area contributed by atoms with Gasteiger partial charge in [-0.1, -0.05) is 0 Å². The molecule has 3 nitrogen and oxygen atoms in total. The van der Waals surface area contributed by atoms with Gasteiger partial charge in [-0.2, -0.15) is 5.26 Å². The summed E-state index contributed by atoms with van der Waals surface area (Å²) in [5.74, 6) is 0.523. The van der Waals surface area contributed by atoms with Gasteiger partial charge in [0.15, 0.2) is 0 Å². The Balaban J connectivity index is 3.30. The smallest absolute Gasteiger partial charge is 0.0936 e. The minimum Gasteiger partial charge on any atom is -0.316 e. The maximum atomic E-state index is 10.4. The Morgan fingerprint density at radius 2 is 2.44 bits per heavy atom. The van der Waals surface area contributed by atoms with Crippen LogP contribution in [0.3, 0.4) is 0 Å². The van der Waals surface area contributed by atoms with E-state index in [2.05, 4.69) is 0 Å². The van der Waals surface area contributed by atoms with Crippen molar-refractivity contribution < 1.29 is 4.21 Å². The maximum absolute atomic E-state index is 10.4. The van der Waals surface area contributed by atoms with Gasteiger partial charge in [0.05, 0.1) is 12.1 Å². The lowest BCUT2D eigenvalue weighted by atomic mass is 10.3. The Labute approximate surface area is 57.3 Å². The minimum atomic E-state index is -0.819. The average molecular weight is 146 g/mol. The van der Waals surface area contributed by atoms with Crippen molar-refractivity contribution in [1.29, 1.82) is 5.26 Å². The second kappa shape index (κ2) is 4.48. The van der Waals surface area contributed by atoms with E-state index in [1.807, 2.05) is 6.07 Å². The molecule has 2 atom stereocenters. The fraction of sp³-hybridized carbons (Fsp3) is 0.800. The lowest BCUT2D eigenvalue weighted by Crippen LogP contribution is -2.19. The number of hydrogen-bond donors (Lipinski definition) is 1. The Hall–Kier alpha value is -0.400. The molecule has 0 aliphatic heterocycles. The van der Waals surface area contributed by atoms with Crippen LogP contribution in [0.5, 0.6) is 0 Å². The van der Waals surface area contributed by atoms with Gasteiger partial charge in [0.25, 0.3) is 0 Å². The summed E-state index contributed by atoms with van der Waals surface area (Å²) in [6.45, 7) is 0. The Morgan fingerprint density at radius 1 is 1.89 bits per heavy atom. The summed E-state index contributed by atoms with van der Waals surface area (Å²) in [5, 5.41) is 8.17. The quantitative estimate of drug-likeness (QED) is 0.589. The van der Waals surface area contributed by atoms with Crippen molar-refractivity contribution in [2.45, 2.75) is 12.5 Å². The zero-order valence-corrected chi connectivity index (χ0v) is 6.15. The minimum absolute atomic E-state index is 0.450. The van der Waals surface area contributed by atoms with E-state index in [-0.39, 0.29) is 0 Å². The summed E-state index contributed by atoms with van der Waals surface area (Å²) in [6, 6.07) is 1.41. The first kappa shape index (κ1) is 8.60. The molecule has 0 heterocycles. The van der Waals surface area contributed by atoms with Crippen molar-refractivity contribution in [2.75, 3.05) is 12.0 Å². The molecule has 0 rings (SSSR count). The molecule has 0 spiro atoms. The third kappa shape index (κ3) is 5.47. The van der Waals surface area contributed by atoms with E-state index in [4.69, 9.17) is 11.0 Å². The largest absolute Gasteiger partial charge is 0.316 e. The third-order valence-corrected chi connectivity index (χ3v) is 1.69. The van der Waals surface area contributed by atoms with Crippen LogP contribution in [-0.2, 0) is 10.8 Å². The molecule has 0 radical (unpaired) electrons. The molecule has 4 heteroatoms. The highest BCUT2D eigenvalue weighted by Gasteiger charge is 1.99. The molecule has 0 saturated heterocycles. The molecule has 0 amide bonds. The molecule has 9 heavy (non-hydrogen) atoms. The monoisotopic (exact) mass is 146 g/mol. The van der Waals surface area contributed by atoms with Crippen molar-refractivity contribution in [3.8, 4) is 6.07 Å². The molecule has 0 bridgehead atoms. The predicted molar refractivity (Wildman–Crippen MR) is 37.1 cm³/mol. The summed E-state index contributed by atoms with van der Waals surface area (Å²) >= 11 is 0. The van der Waals surface area contributed by atoms with Crippen LogP contribution in [0.25, 0.3) is 0 Å². The SMILES string of the molecule is CS(=O)CCC(N)C#N. The standard InChI is InChI=1S/C5H10N2OS/c1-9(8)3-2-5(7)4-6/h5H,2-3,7H2,1H3. The van der Waals surface area contributed by atoms with Crippen molar-refractivity contribution in [1.82, 2.24) is 0 Å². The summed E-state index contributed by atoms with van der Waals surface area (Å²) in [4.78, 5) is 0. The maximum Gasteiger partial charge on any atom is 0.0936 e. The van der Waals surface area contributed by atoms with Crippen LogP contribution in [0, 0.1) is 11.3 Å². The molecule has 2 unspecified atom stereocenters. The lowest BCUT2D eigenvalue weighted by molar-refractivity contribution is 0.681. The van der Waals surface area contributed by atoms with E-state index in [1.165, 1.54) is 0 Å². The Bertz CT molecular complexity index is 140. The molecule has 52 valence electrons. The molecule has 0 saturated carbocycles. The van der Waals surface area contributed by atoms with E-state index in [0.29, 0.717) is 12.2 Å². The summed E-state index contributed by atoms with van der Waals surface area (Å²) in [5.41, 5.74) is 5.23. The highest BCUT2D eigenvalue weighted by Crippen LogP contribution is 1.87. The van der Waals surface area contributed by atoms with E-state index in [1.54, 1.807) is 6.26 Å². The summed E-state index contributed by atoms with van der Waals surface area (Å²) in [6.07, 6.45) is 2.13. The Kier molecular flexibility index (Phi) is 4.28. The van der Waals surface area contributed by atoms with Crippen molar-refractivity contribution in [3.05, 3.63) is 0 Å². The molecule has 0 fully saturated rings. The molecule has 0 aliphatic rings. The van der Waals surface area contributed by atoms with Gasteiger partial charge in [-0.25, -0.2) is 0 Å². The van der Waals surface area contributed by atoms with Crippen LogP contribution in [-0.4, -0.2) is 22.3 Å². The second-order valence-corrected chi connectivity index (χ2v) is 3.36. The number of rotatable bonds is 3. The fourth-order valence-corrected chi connectivity index (χ4v) is 0.943.